The summed E-state index contributed by atoms with van der Waals surface area (Å²) in [7, 11) is 0. The molecule has 2 aromatic rings. The number of rotatable bonds is 6. The maximum Gasteiger partial charge on any atom is 0.170 e. The molecule has 25 heavy (non-hydrogen) atoms. The number of carbonyl (C=O) groups is 4. The third-order valence-corrected chi connectivity index (χ3v) is 3.01. The molecule has 0 bridgehead atoms. The molecule has 1 radical (unpaired) electrons. The second-order valence-electron chi connectivity index (χ2n) is 5.34. The summed E-state index contributed by atoms with van der Waals surface area (Å²) in [5.41, 5.74) is 1.21. The van der Waals surface area contributed by atoms with Crippen molar-refractivity contribution in [2.45, 2.75) is 26.7 Å². The van der Waals surface area contributed by atoms with Gasteiger partial charge in [-0.2, -0.15) is 0 Å². The van der Waals surface area contributed by atoms with Crippen molar-refractivity contribution < 1.29 is 37.7 Å². The molecule has 0 atom stereocenters. The fourth-order valence-electron chi connectivity index (χ4n) is 1.90. The topological polar surface area (TPSA) is 68.3 Å². The zero-order valence-corrected chi connectivity index (χ0v) is 15.7. The summed E-state index contributed by atoms with van der Waals surface area (Å²) < 4.78 is 0. The van der Waals surface area contributed by atoms with Gasteiger partial charge in [0.15, 0.2) is 11.6 Å². The third-order valence-electron chi connectivity index (χ3n) is 3.01. The zero-order valence-electron chi connectivity index (χ0n) is 14.3. The van der Waals surface area contributed by atoms with E-state index in [1.807, 2.05) is 12.1 Å². The Balaban J connectivity index is 0.000000443. The molecule has 0 spiro atoms. The molecule has 0 fully saturated rings. The van der Waals surface area contributed by atoms with Crippen LogP contribution in [0.2, 0.25) is 0 Å². The van der Waals surface area contributed by atoms with Crippen molar-refractivity contribution in [1.29, 1.82) is 0 Å². The normalized spacial score (nSPS) is 9.04. The molecule has 0 saturated carbocycles. The van der Waals surface area contributed by atoms with Crippen LogP contribution in [0.25, 0.3) is 0 Å². The number of Topliss-reactive ketones (excluding diaryl/α,β-unsaturated/α-hetero) is 4. The van der Waals surface area contributed by atoms with Crippen LogP contribution in [0.4, 0.5) is 0 Å². The minimum absolute atomic E-state index is 0. The number of carbonyl (C=O) groups excluding carboxylic acids is 4. The molecule has 5 heteroatoms. The van der Waals surface area contributed by atoms with Crippen LogP contribution >= 0.6 is 0 Å². The number of benzene rings is 2. The van der Waals surface area contributed by atoms with Crippen molar-refractivity contribution in [3.63, 3.8) is 0 Å². The summed E-state index contributed by atoms with van der Waals surface area (Å²) in [5.74, 6) is -0.404. The van der Waals surface area contributed by atoms with Crippen molar-refractivity contribution >= 4 is 23.1 Å². The minimum atomic E-state index is -0.108. The maximum absolute atomic E-state index is 11.2. The Labute approximate surface area is 159 Å². The van der Waals surface area contributed by atoms with Gasteiger partial charge in [-0.15, -0.1) is 0 Å². The Bertz CT molecular complexity index is 645. The Hall–Kier alpha value is -2.30. The SMILES string of the molecule is CC(=O)CC(=O)c1ccccc1.CC(=O)CC(=O)c1ccccc1.[V]. The largest absolute Gasteiger partial charge is 0.300 e. The summed E-state index contributed by atoms with van der Waals surface area (Å²) in [4.78, 5) is 43.7. The molecule has 0 heterocycles. The first-order valence-corrected chi connectivity index (χ1v) is 7.55. The number of hydrogen-bond donors (Lipinski definition) is 0. The Morgan fingerprint density at radius 2 is 0.880 bits per heavy atom. The van der Waals surface area contributed by atoms with E-state index in [4.69, 9.17) is 0 Å². The van der Waals surface area contributed by atoms with E-state index in [1.165, 1.54) is 13.8 Å². The van der Waals surface area contributed by atoms with Gasteiger partial charge in [-0.1, -0.05) is 60.7 Å². The number of hydrogen-bond acceptors (Lipinski definition) is 4. The van der Waals surface area contributed by atoms with Crippen LogP contribution < -0.4 is 0 Å². The molecule has 0 aliphatic heterocycles. The second kappa shape index (κ2) is 12.1. The van der Waals surface area contributed by atoms with Gasteiger partial charge in [-0.3, -0.25) is 19.2 Å². The Morgan fingerprint density at radius 3 is 1.12 bits per heavy atom. The molecular weight excluding hydrogens is 355 g/mol. The van der Waals surface area contributed by atoms with Crippen molar-refractivity contribution in [3.8, 4) is 0 Å². The summed E-state index contributed by atoms with van der Waals surface area (Å²) in [6.07, 6.45) is 0.00796. The first-order valence-electron chi connectivity index (χ1n) is 7.55. The van der Waals surface area contributed by atoms with Crippen LogP contribution in [-0.4, -0.2) is 23.1 Å². The van der Waals surface area contributed by atoms with E-state index < -0.39 is 0 Å². The van der Waals surface area contributed by atoms with Crippen LogP contribution in [0.5, 0.6) is 0 Å². The van der Waals surface area contributed by atoms with Crippen LogP contribution in [0.15, 0.2) is 60.7 Å². The predicted molar refractivity (Wildman–Crippen MR) is 92.1 cm³/mol. The zero-order chi connectivity index (χ0) is 17.9. The molecule has 4 nitrogen and oxygen atoms in total. The molecule has 0 unspecified atom stereocenters. The summed E-state index contributed by atoms with van der Waals surface area (Å²) in [6, 6.07) is 17.7. The average molecular weight is 375 g/mol. The molecule has 2 rings (SSSR count). The van der Waals surface area contributed by atoms with Gasteiger partial charge in [0.05, 0.1) is 12.8 Å². The molecule has 0 aromatic heterocycles. The monoisotopic (exact) mass is 375 g/mol. The van der Waals surface area contributed by atoms with E-state index >= 15 is 0 Å². The average Bonchev–Trinajstić information content (AvgIpc) is 2.56. The molecule has 129 valence electrons. The van der Waals surface area contributed by atoms with E-state index in [-0.39, 0.29) is 54.5 Å². The third kappa shape index (κ3) is 9.55. The molecule has 0 aliphatic carbocycles. The summed E-state index contributed by atoms with van der Waals surface area (Å²) in [6.45, 7) is 2.84. The predicted octanol–water partition coefficient (Wildman–Crippen LogP) is 3.69. The Morgan fingerprint density at radius 1 is 0.600 bits per heavy atom. The number of ketones is 4. The summed E-state index contributed by atoms with van der Waals surface area (Å²) >= 11 is 0. The van der Waals surface area contributed by atoms with E-state index in [0.717, 1.165) is 0 Å². The minimum Gasteiger partial charge on any atom is -0.300 e. The van der Waals surface area contributed by atoms with Crippen molar-refractivity contribution in [3.05, 3.63) is 71.8 Å². The maximum atomic E-state index is 11.2. The molecular formula is C20H20O4V. The van der Waals surface area contributed by atoms with Crippen LogP contribution in [-0.2, 0) is 28.1 Å². The van der Waals surface area contributed by atoms with E-state index in [1.54, 1.807) is 48.5 Å². The van der Waals surface area contributed by atoms with Gasteiger partial charge in [-0.05, 0) is 13.8 Å². The van der Waals surface area contributed by atoms with E-state index in [9.17, 15) is 19.2 Å². The van der Waals surface area contributed by atoms with Crippen molar-refractivity contribution in [2.24, 2.45) is 0 Å². The summed E-state index contributed by atoms with van der Waals surface area (Å²) in [5, 5.41) is 0. The van der Waals surface area contributed by atoms with Gasteiger partial charge in [0.1, 0.15) is 11.6 Å². The molecule has 0 aliphatic rings. The van der Waals surface area contributed by atoms with Gasteiger partial charge < -0.3 is 0 Å². The van der Waals surface area contributed by atoms with Crippen LogP contribution in [0.1, 0.15) is 47.4 Å². The first kappa shape index (κ1) is 22.7. The van der Waals surface area contributed by atoms with Crippen LogP contribution in [0, 0.1) is 0 Å². The standard InChI is InChI=1S/2C10H10O2.V/c2*1-8(11)7-10(12)9-5-3-2-4-6-9;/h2*2-6H,7H2,1H3;. The first-order chi connectivity index (χ1) is 11.4. The van der Waals surface area contributed by atoms with E-state index in [2.05, 4.69) is 0 Å². The molecule has 2 aromatic carbocycles. The van der Waals surface area contributed by atoms with Gasteiger partial charge in [0.25, 0.3) is 0 Å². The van der Waals surface area contributed by atoms with Gasteiger partial charge in [0, 0.05) is 29.7 Å². The van der Waals surface area contributed by atoms with Crippen molar-refractivity contribution in [1.82, 2.24) is 0 Å². The van der Waals surface area contributed by atoms with Gasteiger partial charge in [0.2, 0.25) is 0 Å². The molecule has 0 N–H and O–H groups in total. The van der Waals surface area contributed by atoms with Gasteiger partial charge in [-0.25, -0.2) is 0 Å². The van der Waals surface area contributed by atoms with E-state index in [0.29, 0.717) is 11.1 Å². The molecule has 0 amide bonds. The van der Waals surface area contributed by atoms with Crippen molar-refractivity contribution in [2.75, 3.05) is 0 Å². The smallest absolute Gasteiger partial charge is 0.170 e. The fraction of sp³-hybridized carbons (Fsp3) is 0.200. The van der Waals surface area contributed by atoms with Gasteiger partial charge >= 0.3 is 0 Å². The van der Waals surface area contributed by atoms with Crippen LogP contribution in [0.3, 0.4) is 0 Å². The Kier molecular flexibility index (Phi) is 11.0. The quantitative estimate of drug-likeness (QED) is 0.570. The second-order valence-corrected chi connectivity index (χ2v) is 5.34. The fourth-order valence-corrected chi connectivity index (χ4v) is 1.90. The molecule has 0 saturated heterocycles.